The molecule has 0 aliphatic carbocycles. The second kappa shape index (κ2) is 11.2. The molecule has 36 heavy (non-hydrogen) atoms. The van der Waals surface area contributed by atoms with E-state index in [-0.39, 0.29) is 18.7 Å². The SMILES string of the molecule is Cc1cc(-c2ccc(Oc3ccccc3)cc2)c(F)cc1CN(Cc1ccc(C(=O)O)cc1)[SH](=O)=O. The minimum atomic E-state index is -2.95. The standard InChI is InChI=1S/C28H24FNO5S/c1-19-15-26(21-11-13-25(14-12-21)35-24-5-3-2-4-6-24)27(29)16-23(19)18-30(36(33)34)17-20-7-9-22(10-8-20)28(31)32/h2-16,36H,17-18H2,1H3,(H,31,32). The molecule has 0 fully saturated rings. The van der Waals surface area contributed by atoms with Gasteiger partial charge in [-0.05, 0) is 77.7 Å². The Labute approximate surface area is 210 Å². The number of carboxylic acids is 1. The van der Waals surface area contributed by atoms with Crippen LogP contribution in [0.3, 0.4) is 0 Å². The number of para-hydroxylation sites is 1. The zero-order valence-electron chi connectivity index (χ0n) is 19.4. The number of thiol groups is 1. The maximum atomic E-state index is 15.1. The van der Waals surface area contributed by atoms with E-state index in [0.29, 0.717) is 33.8 Å². The highest BCUT2D eigenvalue weighted by Gasteiger charge is 2.15. The Morgan fingerprint density at radius 1 is 0.889 bits per heavy atom. The van der Waals surface area contributed by atoms with Crippen LogP contribution in [0.1, 0.15) is 27.0 Å². The number of halogens is 1. The van der Waals surface area contributed by atoms with Gasteiger partial charge < -0.3 is 9.84 Å². The van der Waals surface area contributed by atoms with E-state index >= 15 is 4.39 Å². The molecule has 184 valence electrons. The van der Waals surface area contributed by atoms with Crippen molar-refractivity contribution in [3.63, 3.8) is 0 Å². The highest BCUT2D eigenvalue weighted by Crippen LogP contribution is 2.30. The smallest absolute Gasteiger partial charge is 0.335 e. The van der Waals surface area contributed by atoms with Crippen LogP contribution in [0.5, 0.6) is 11.5 Å². The van der Waals surface area contributed by atoms with E-state index in [1.54, 1.807) is 42.5 Å². The molecule has 4 rings (SSSR count). The summed E-state index contributed by atoms with van der Waals surface area (Å²) in [7, 11) is -2.95. The average Bonchev–Trinajstić information content (AvgIpc) is 2.87. The zero-order chi connectivity index (χ0) is 25.7. The van der Waals surface area contributed by atoms with Gasteiger partial charge in [0.05, 0.1) is 5.56 Å². The van der Waals surface area contributed by atoms with E-state index in [1.165, 1.54) is 22.5 Å². The molecule has 0 radical (unpaired) electrons. The fourth-order valence-electron chi connectivity index (χ4n) is 3.77. The molecule has 4 aromatic carbocycles. The number of aromatic carboxylic acids is 1. The zero-order valence-corrected chi connectivity index (χ0v) is 20.3. The van der Waals surface area contributed by atoms with E-state index in [0.717, 1.165) is 5.56 Å². The van der Waals surface area contributed by atoms with Crippen LogP contribution < -0.4 is 4.74 Å². The van der Waals surface area contributed by atoms with Crippen molar-refractivity contribution >= 4 is 16.9 Å². The van der Waals surface area contributed by atoms with Crippen LogP contribution in [0, 0.1) is 12.7 Å². The van der Waals surface area contributed by atoms with Gasteiger partial charge in [0.1, 0.15) is 17.3 Å². The third kappa shape index (κ3) is 6.16. The fraction of sp³-hybridized carbons (Fsp3) is 0.107. The second-order valence-electron chi connectivity index (χ2n) is 8.26. The van der Waals surface area contributed by atoms with Crippen LogP contribution in [0.2, 0.25) is 0 Å². The molecule has 0 amide bonds. The normalized spacial score (nSPS) is 11.1. The number of carbonyl (C=O) groups is 1. The number of carboxylic acid groups (broad SMARTS) is 1. The van der Waals surface area contributed by atoms with E-state index in [2.05, 4.69) is 0 Å². The van der Waals surface area contributed by atoms with Crippen LogP contribution in [0.4, 0.5) is 4.39 Å². The van der Waals surface area contributed by atoms with Gasteiger partial charge in [0.15, 0.2) is 0 Å². The summed E-state index contributed by atoms with van der Waals surface area (Å²) in [4.78, 5) is 11.0. The Balaban J connectivity index is 1.51. The minimum Gasteiger partial charge on any atom is -0.478 e. The molecule has 0 unspecified atom stereocenters. The van der Waals surface area contributed by atoms with Crippen molar-refractivity contribution in [1.82, 2.24) is 4.31 Å². The van der Waals surface area contributed by atoms with E-state index in [4.69, 9.17) is 9.84 Å². The van der Waals surface area contributed by atoms with Crippen molar-refractivity contribution in [3.05, 3.63) is 119 Å². The average molecular weight is 506 g/mol. The first-order valence-electron chi connectivity index (χ1n) is 11.1. The van der Waals surface area contributed by atoms with Gasteiger partial charge in [-0.3, -0.25) is 0 Å². The first-order valence-corrected chi connectivity index (χ1v) is 12.3. The Kier molecular flexibility index (Phi) is 7.77. The molecule has 0 heterocycles. The quantitative estimate of drug-likeness (QED) is 0.280. The molecule has 1 N–H and O–H groups in total. The maximum Gasteiger partial charge on any atom is 0.335 e. The van der Waals surface area contributed by atoms with Gasteiger partial charge >= 0.3 is 5.97 Å². The molecule has 0 atom stereocenters. The van der Waals surface area contributed by atoms with Crippen LogP contribution in [-0.2, 0) is 24.0 Å². The van der Waals surface area contributed by atoms with Gasteiger partial charge in [0, 0.05) is 18.7 Å². The highest BCUT2D eigenvalue weighted by molar-refractivity contribution is 7.69. The lowest BCUT2D eigenvalue weighted by atomic mass is 9.99. The summed E-state index contributed by atoms with van der Waals surface area (Å²) in [6, 6.07) is 25.5. The topological polar surface area (TPSA) is 83.9 Å². The van der Waals surface area contributed by atoms with E-state index < -0.39 is 22.7 Å². The fourth-order valence-corrected chi connectivity index (χ4v) is 4.32. The molecule has 6 nitrogen and oxygen atoms in total. The Morgan fingerprint density at radius 2 is 1.53 bits per heavy atom. The lowest BCUT2D eigenvalue weighted by Crippen LogP contribution is -2.21. The molecule has 0 saturated carbocycles. The largest absolute Gasteiger partial charge is 0.478 e. The predicted molar refractivity (Wildman–Crippen MR) is 136 cm³/mol. The third-order valence-corrected chi connectivity index (χ3v) is 6.46. The number of hydrogen-bond acceptors (Lipinski definition) is 4. The van der Waals surface area contributed by atoms with Crippen molar-refractivity contribution in [3.8, 4) is 22.6 Å². The molecule has 0 aromatic heterocycles. The van der Waals surface area contributed by atoms with Crippen molar-refractivity contribution in [2.45, 2.75) is 20.0 Å². The van der Waals surface area contributed by atoms with Gasteiger partial charge in [0.25, 0.3) is 0 Å². The van der Waals surface area contributed by atoms with Crippen molar-refractivity contribution in [2.75, 3.05) is 0 Å². The number of aryl methyl sites for hydroxylation is 1. The lowest BCUT2D eigenvalue weighted by Gasteiger charge is -2.18. The Hall–Kier alpha value is -4.01. The number of rotatable bonds is 9. The van der Waals surface area contributed by atoms with E-state index in [1.807, 2.05) is 37.3 Å². The molecule has 0 aliphatic heterocycles. The van der Waals surface area contributed by atoms with Gasteiger partial charge in [-0.2, -0.15) is 4.31 Å². The van der Waals surface area contributed by atoms with Crippen LogP contribution in [-0.4, -0.2) is 23.8 Å². The number of hydrogen-bond donors (Lipinski definition) is 2. The summed E-state index contributed by atoms with van der Waals surface area (Å²) < 4.78 is 45.9. The number of nitrogens with zero attached hydrogens (tertiary/aromatic N) is 1. The summed E-state index contributed by atoms with van der Waals surface area (Å²) in [6.45, 7) is 1.85. The van der Waals surface area contributed by atoms with Gasteiger partial charge in [-0.1, -0.05) is 42.5 Å². The molecule has 4 aromatic rings. The summed E-state index contributed by atoms with van der Waals surface area (Å²) in [6.07, 6.45) is 0. The van der Waals surface area contributed by atoms with E-state index in [9.17, 15) is 13.2 Å². The maximum absolute atomic E-state index is 15.1. The highest BCUT2D eigenvalue weighted by atomic mass is 32.2. The second-order valence-corrected chi connectivity index (χ2v) is 9.30. The monoisotopic (exact) mass is 505 g/mol. The van der Waals surface area contributed by atoms with Gasteiger partial charge in [0.2, 0.25) is 10.9 Å². The van der Waals surface area contributed by atoms with Gasteiger partial charge in [-0.15, -0.1) is 0 Å². The summed E-state index contributed by atoms with van der Waals surface area (Å²) in [5, 5.41) is 9.03. The molecule has 8 heteroatoms. The first-order chi connectivity index (χ1) is 17.3. The van der Waals surface area contributed by atoms with Crippen molar-refractivity contribution in [2.24, 2.45) is 0 Å². The van der Waals surface area contributed by atoms with Crippen LogP contribution in [0.15, 0.2) is 91.0 Å². The van der Waals surface area contributed by atoms with Crippen LogP contribution in [0.25, 0.3) is 11.1 Å². The number of ether oxygens (including phenoxy) is 1. The Morgan fingerprint density at radius 3 is 2.14 bits per heavy atom. The van der Waals surface area contributed by atoms with Crippen molar-refractivity contribution < 1.29 is 27.4 Å². The summed E-state index contributed by atoms with van der Waals surface area (Å²) >= 11 is 0. The summed E-state index contributed by atoms with van der Waals surface area (Å²) in [5.74, 6) is -0.183. The molecule has 0 aliphatic rings. The van der Waals surface area contributed by atoms with Crippen molar-refractivity contribution in [1.29, 1.82) is 0 Å². The molecular weight excluding hydrogens is 481 g/mol. The first kappa shape index (κ1) is 25.1. The third-order valence-electron chi connectivity index (χ3n) is 5.72. The molecule has 0 saturated heterocycles. The molecule has 0 bridgehead atoms. The van der Waals surface area contributed by atoms with Crippen LogP contribution >= 0.6 is 0 Å². The van der Waals surface area contributed by atoms with Gasteiger partial charge in [-0.25, -0.2) is 17.6 Å². The molecular formula is C28H24FNO5S. The minimum absolute atomic E-state index is 0.00767. The molecule has 0 spiro atoms. The predicted octanol–water partition coefficient (Wildman–Crippen LogP) is 5.82. The number of benzene rings is 4. The Bertz CT molecular complexity index is 1430. The summed E-state index contributed by atoms with van der Waals surface area (Å²) in [5.41, 5.74) is 3.12. The lowest BCUT2D eigenvalue weighted by molar-refractivity contribution is 0.0697.